The third-order valence-corrected chi connectivity index (χ3v) is 1.13. The predicted octanol–water partition coefficient (Wildman–Crippen LogP) is -1.15. The average Bonchev–Trinajstić information content (AvgIpc) is 1.64. The van der Waals surface area contributed by atoms with Gasteiger partial charge in [-0.05, 0) is 0 Å². The SMILES string of the molecule is Nc1nccc([Se])n1. The summed E-state index contributed by atoms with van der Waals surface area (Å²) in [7, 11) is 0. The van der Waals surface area contributed by atoms with Gasteiger partial charge in [0.15, 0.2) is 0 Å². The van der Waals surface area contributed by atoms with Gasteiger partial charge < -0.3 is 0 Å². The van der Waals surface area contributed by atoms with Crippen LogP contribution in [0.25, 0.3) is 0 Å². The maximum atomic E-state index is 5.22. The van der Waals surface area contributed by atoms with E-state index in [0.29, 0.717) is 5.95 Å². The molecule has 0 unspecified atom stereocenters. The summed E-state index contributed by atoms with van der Waals surface area (Å²) in [5, 5.41) is 0. The zero-order chi connectivity index (χ0) is 5.98. The first-order valence-corrected chi connectivity index (χ1v) is 2.90. The van der Waals surface area contributed by atoms with Crippen molar-refractivity contribution >= 4 is 26.6 Å². The van der Waals surface area contributed by atoms with Crippen molar-refractivity contribution in [2.75, 3.05) is 5.73 Å². The summed E-state index contributed by atoms with van der Waals surface area (Å²) >= 11 is 2.71. The molecule has 0 saturated carbocycles. The van der Waals surface area contributed by atoms with Gasteiger partial charge in [-0.1, -0.05) is 0 Å². The second kappa shape index (κ2) is 2.11. The number of nitrogens with zero attached hydrogens (tertiary/aromatic N) is 2. The molecule has 4 heteroatoms. The minimum absolute atomic E-state index is 0.307. The topological polar surface area (TPSA) is 51.8 Å². The molecule has 1 radical (unpaired) electrons. The Morgan fingerprint density at radius 3 is 2.75 bits per heavy atom. The fourth-order valence-corrected chi connectivity index (χ4v) is 0.680. The van der Waals surface area contributed by atoms with Gasteiger partial charge in [0.25, 0.3) is 0 Å². The van der Waals surface area contributed by atoms with Gasteiger partial charge in [-0.25, -0.2) is 0 Å². The van der Waals surface area contributed by atoms with Crippen molar-refractivity contribution in [1.82, 2.24) is 9.97 Å². The van der Waals surface area contributed by atoms with E-state index < -0.39 is 0 Å². The molecule has 0 amide bonds. The Morgan fingerprint density at radius 1 is 1.62 bits per heavy atom. The van der Waals surface area contributed by atoms with E-state index >= 15 is 0 Å². The fraction of sp³-hybridized carbons (Fsp3) is 0. The van der Waals surface area contributed by atoms with Crippen LogP contribution in [0, 0.1) is 0 Å². The summed E-state index contributed by atoms with van der Waals surface area (Å²) in [6, 6.07) is 1.75. The van der Waals surface area contributed by atoms with E-state index in [4.69, 9.17) is 5.73 Å². The first-order valence-electron chi connectivity index (χ1n) is 2.04. The van der Waals surface area contributed by atoms with Gasteiger partial charge in [0.1, 0.15) is 0 Å². The Labute approximate surface area is 55.1 Å². The Bertz CT molecular complexity index is 171. The van der Waals surface area contributed by atoms with E-state index in [1.54, 1.807) is 12.3 Å². The molecule has 0 aliphatic heterocycles. The van der Waals surface area contributed by atoms with Gasteiger partial charge in [-0.3, -0.25) is 0 Å². The number of rotatable bonds is 0. The number of hydrogen-bond acceptors (Lipinski definition) is 3. The molecule has 1 aromatic rings. The molecular formula is C4H4N3Se. The van der Waals surface area contributed by atoms with Crippen molar-refractivity contribution in [1.29, 1.82) is 0 Å². The number of anilines is 1. The van der Waals surface area contributed by atoms with E-state index in [9.17, 15) is 0 Å². The molecule has 1 aromatic heterocycles. The molecule has 41 valence electrons. The number of aromatic nitrogens is 2. The van der Waals surface area contributed by atoms with Crippen LogP contribution in [-0.4, -0.2) is 26.0 Å². The van der Waals surface area contributed by atoms with E-state index in [-0.39, 0.29) is 0 Å². The molecule has 0 saturated heterocycles. The van der Waals surface area contributed by atoms with Gasteiger partial charge in [0.05, 0.1) is 0 Å². The molecule has 0 fully saturated rings. The summed E-state index contributed by atoms with van der Waals surface area (Å²) in [5.74, 6) is 0.307. The van der Waals surface area contributed by atoms with E-state index in [1.165, 1.54) is 0 Å². The molecule has 8 heavy (non-hydrogen) atoms. The second-order valence-corrected chi connectivity index (χ2v) is 2.13. The molecule has 0 aliphatic carbocycles. The summed E-state index contributed by atoms with van der Waals surface area (Å²) in [6.45, 7) is 0. The van der Waals surface area contributed by atoms with Crippen molar-refractivity contribution in [3.63, 3.8) is 0 Å². The van der Waals surface area contributed by atoms with Crippen molar-refractivity contribution in [3.8, 4) is 0 Å². The summed E-state index contributed by atoms with van der Waals surface area (Å²) in [4.78, 5) is 7.47. The van der Waals surface area contributed by atoms with Crippen LogP contribution >= 0.6 is 0 Å². The number of nitrogen functional groups attached to an aromatic ring is 1. The summed E-state index contributed by atoms with van der Waals surface area (Å²) < 4.78 is 0.775. The Hall–Kier alpha value is -0.601. The molecule has 3 nitrogen and oxygen atoms in total. The molecule has 0 aliphatic rings. The van der Waals surface area contributed by atoms with Crippen molar-refractivity contribution in [2.45, 2.75) is 0 Å². The molecule has 0 bridgehead atoms. The zero-order valence-electron chi connectivity index (χ0n) is 4.03. The first-order chi connectivity index (χ1) is 3.79. The molecule has 2 N–H and O–H groups in total. The van der Waals surface area contributed by atoms with Crippen molar-refractivity contribution < 1.29 is 0 Å². The van der Waals surface area contributed by atoms with Gasteiger partial charge in [-0.15, -0.1) is 0 Å². The van der Waals surface area contributed by atoms with E-state index in [1.807, 2.05) is 0 Å². The van der Waals surface area contributed by atoms with Gasteiger partial charge in [0, 0.05) is 0 Å². The van der Waals surface area contributed by atoms with Crippen LogP contribution in [0.3, 0.4) is 0 Å². The van der Waals surface area contributed by atoms with Crippen LogP contribution in [-0.2, 0) is 0 Å². The molecule has 1 rings (SSSR count). The fourth-order valence-electron chi connectivity index (χ4n) is 0.356. The second-order valence-electron chi connectivity index (χ2n) is 1.25. The van der Waals surface area contributed by atoms with Crippen LogP contribution in [0.5, 0.6) is 0 Å². The predicted molar refractivity (Wildman–Crippen MR) is 31.8 cm³/mol. The van der Waals surface area contributed by atoms with Crippen molar-refractivity contribution in [2.24, 2.45) is 0 Å². The van der Waals surface area contributed by atoms with Crippen LogP contribution in [0.4, 0.5) is 5.95 Å². The molecule has 1 heterocycles. The van der Waals surface area contributed by atoms with Crippen LogP contribution < -0.4 is 10.3 Å². The van der Waals surface area contributed by atoms with E-state index in [0.717, 1.165) is 4.59 Å². The number of hydrogen-bond donors (Lipinski definition) is 1. The van der Waals surface area contributed by atoms with Crippen LogP contribution in [0.1, 0.15) is 0 Å². The van der Waals surface area contributed by atoms with Crippen LogP contribution in [0.2, 0.25) is 0 Å². The van der Waals surface area contributed by atoms with E-state index in [2.05, 4.69) is 26.0 Å². The van der Waals surface area contributed by atoms with Gasteiger partial charge in [0.2, 0.25) is 0 Å². The monoisotopic (exact) mass is 174 g/mol. The number of nitrogens with two attached hydrogens (primary N) is 1. The average molecular weight is 173 g/mol. The zero-order valence-corrected chi connectivity index (χ0v) is 5.75. The molecular weight excluding hydrogens is 169 g/mol. The Balaban J connectivity index is 3.08. The van der Waals surface area contributed by atoms with Gasteiger partial charge >= 0.3 is 54.5 Å². The molecule has 0 spiro atoms. The third-order valence-electron chi connectivity index (χ3n) is 0.649. The van der Waals surface area contributed by atoms with Gasteiger partial charge in [-0.2, -0.15) is 0 Å². The van der Waals surface area contributed by atoms with Crippen molar-refractivity contribution in [3.05, 3.63) is 12.3 Å². The normalized spacial score (nSPS) is 9.00. The minimum atomic E-state index is 0.307. The Morgan fingerprint density at radius 2 is 2.38 bits per heavy atom. The first kappa shape index (κ1) is 5.53. The third kappa shape index (κ3) is 1.18. The summed E-state index contributed by atoms with van der Waals surface area (Å²) in [6.07, 6.45) is 1.61. The molecule has 0 atom stereocenters. The summed E-state index contributed by atoms with van der Waals surface area (Å²) in [5.41, 5.74) is 5.22. The van der Waals surface area contributed by atoms with Crippen LogP contribution in [0.15, 0.2) is 12.3 Å². The Kier molecular flexibility index (Phi) is 1.46. The standard InChI is InChI=1S/C4H4N3Se/c5-4-6-2-1-3(8)7-4/h1-2H,(H2,5,6,7). The molecule has 0 aromatic carbocycles. The quantitative estimate of drug-likeness (QED) is 0.504. The maximum absolute atomic E-state index is 5.22.